The first-order valence-electron chi connectivity index (χ1n) is 8.06. The van der Waals surface area contributed by atoms with Crippen LogP contribution in [0.1, 0.15) is 10.4 Å². The van der Waals surface area contributed by atoms with Gasteiger partial charge in [-0.1, -0.05) is 6.07 Å². The van der Waals surface area contributed by atoms with Gasteiger partial charge in [-0.05, 0) is 36.4 Å². The summed E-state index contributed by atoms with van der Waals surface area (Å²) in [4.78, 5) is 20.6. The lowest BCUT2D eigenvalue weighted by Crippen LogP contribution is -2.48. The molecule has 1 amide bonds. The summed E-state index contributed by atoms with van der Waals surface area (Å²) in [6, 6.07) is 11.6. The van der Waals surface area contributed by atoms with Crippen molar-refractivity contribution in [2.75, 3.05) is 36.8 Å². The van der Waals surface area contributed by atoms with Crippen LogP contribution in [-0.4, -0.2) is 42.0 Å². The van der Waals surface area contributed by atoms with Crippen molar-refractivity contribution in [3.8, 4) is 0 Å². The summed E-state index contributed by atoms with van der Waals surface area (Å²) in [5.74, 6) is -0.570. The second-order valence-corrected chi connectivity index (χ2v) is 6.01. The molecule has 25 heavy (non-hydrogen) atoms. The Kier molecular flexibility index (Phi) is 3.76. The highest BCUT2D eigenvalue weighted by atomic mass is 19.1. The Balaban J connectivity index is 1.46. The first-order valence-corrected chi connectivity index (χ1v) is 8.06. The number of amides is 1. The summed E-state index contributed by atoms with van der Waals surface area (Å²) in [7, 11) is 0. The molecule has 0 atom stereocenters. The number of piperazine rings is 1. The van der Waals surface area contributed by atoms with E-state index in [0.717, 1.165) is 0 Å². The van der Waals surface area contributed by atoms with E-state index in [2.05, 4.69) is 4.98 Å². The number of nitrogens with zero attached hydrogens (tertiary/aromatic N) is 3. The van der Waals surface area contributed by atoms with Crippen LogP contribution < -0.4 is 10.6 Å². The van der Waals surface area contributed by atoms with Gasteiger partial charge in [0.15, 0.2) is 5.58 Å². The Bertz CT molecular complexity index is 932. The number of anilines is 2. The van der Waals surface area contributed by atoms with E-state index in [4.69, 9.17) is 10.2 Å². The van der Waals surface area contributed by atoms with Crippen LogP contribution >= 0.6 is 0 Å². The Morgan fingerprint density at radius 2 is 1.92 bits per heavy atom. The van der Waals surface area contributed by atoms with E-state index in [-0.39, 0.29) is 5.91 Å². The average molecular weight is 340 g/mol. The number of oxazole rings is 1. The second kappa shape index (κ2) is 6.08. The maximum Gasteiger partial charge on any atom is 0.298 e. The highest BCUT2D eigenvalue weighted by molar-refractivity contribution is 5.94. The topological polar surface area (TPSA) is 75.6 Å². The van der Waals surface area contributed by atoms with Crippen LogP contribution in [0.25, 0.3) is 11.1 Å². The van der Waals surface area contributed by atoms with E-state index >= 15 is 0 Å². The van der Waals surface area contributed by atoms with Crippen molar-refractivity contribution in [2.45, 2.75) is 0 Å². The summed E-state index contributed by atoms with van der Waals surface area (Å²) < 4.78 is 19.1. The van der Waals surface area contributed by atoms with Gasteiger partial charge in [0.05, 0.1) is 0 Å². The molecule has 0 unspecified atom stereocenters. The number of rotatable bonds is 2. The maximum absolute atomic E-state index is 13.3. The summed E-state index contributed by atoms with van der Waals surface area (Å²) in [6.07, 6.45) is 0. The van der Waals surface area contributed by atoms with Gasteiger partial charge in [0.2, 0.25) is 0 Å². The normalized spacial score (nSPS) is 14.9. The van der Waals surface area contributed by atoms with E-state index in [1.807, 2.05) is 4.90 Å². The van der Waals surface area contributed by atoms with Crippen LogP contribution in [0, 0.1) is 5.82 Å². The quantitative estimate of drug-likeness (QED) is 0.726. The smallest absolute Gasteiger partial charge is 0.298 e. The van der Waals surface area contributed by atoms with Gasteiger partial charge in [0, 0.05) is 37.4 Å². The summed E-state index contributed by atoms with van der Waals surface area (Å²) in [5, 5.41) is 0. The molecule has 1 aliphatic heterocycles. The monoisotopic (exact) mass is 340 g/mol. The third kappa shape index (κ3) is 3.00. The fourth-order valence-corrected chi connectivity index (χ4v) is 2.97. The number of nitrogens with two attached hydrogens (primary N) is 1. The SMILES string of the molecule is Nc1ccc2oc(N3CCN(C(=O)c4cccc(F)c4)CC3)nc2c1. The molecule has 128 valence electrons. The number of halogens is 1. The van der Waals surface area contributed by atoms with Crippen molar-refractivity contribution in [3.05, 3.63) is 53.8 Å². The lowest BCUT2D eigenvalue weighted by atomic mass is 10.2. The number of carbonyl (C=O) groups is 1. The van der Waals surface area contributed by atoms with Gasteiger partial charge < -0.3 is 20.0 Å². The summed E-state index contributed by atoms with van der Waals surface area (Å²) in [6.45, 7) is 2.25. The Hall–Kier alpha value is -3.09. The molecule has 4 rings (SSSR count). The zero-order valence-corrected chi connectivity index (χ0v) is 13.5. The van der Waals surface area contributed by atoms with Gasteiger partial charge in [-0.15, -0.1) is 0 Å². The van der Waals surface area contributed by atoms with Crippen molar-refractivity contribution >= 4 is 28.7 Å². The minimum Gasteiger partial charge on any atom is -0.423 e. The van der Waals surface area contributed by atoms with Gasteiger partial charge in [-0.3, -0.25) is 4.79 Å². The minimum absolute atomic E-state index is 0.163. The number of hydrogen-bond acceptors (Lipinski definition) is 5. The second-order valence-electron chi connectivity index (χ2n) is 6.01. The van der Waals surface area contributed by atoms with E-state index < -0.39 is 5.82 Å². The molecule has 1 fully saturated rings. The van der Waals surface area contributed by atoms with E-state index in [1.54, 1.807) is 35.2 Å². The van der Waals surface area contributed by atoms with Crippen molar-refractivity contribution in [1.82, 2.24) is 9.88 Å². The molecule has 0 aliphatic carbocycles. The molecule has 0 spiro atoms. The molecule has 6 nitrogen and oxygen atoms in total. The number of hydrogen-bond donors (Lipinski definition) is 1. The molecule has 0 radical (unpaired) electrons. The van der Waals surface area contributed by atoms with E-state index in [9.17, 15) is 9.18 Å². The van der Waals surface area contributed by atoms with E-state index in [0.29, 0.717) is 54.5 Å². The molecule has 2 heterocycles. The van der Waals surface area contributed by atoms with Gasteiger partial charge in [-0.2, -0.15) is 4.98 Å². The minimum atomic E-state index is -0.407. The number of benzene rings is 2. The zero-order valence-electron chi connectivity index (χ0n) is 13.5. The van der Waals surface area contributed by atoms with Crippen LogP contribution in [0.5, 0.6) is 0 Å². The molecule has 3 aromatic rings. The molecular weight excluding hydrogens is 323 g/mol. The number of carbonyl (C=O) groups excluding carboxylic acids is 1. The van der Waals surface area contributed by atoms with Crippen molar-refractivity contribution in [2.24, 2.45) is 0 Å². The molecule has 0 bridgehead atoms. The Labute approximate surface area is 143 Å². The molecule has 1 aliphatic rings. The molecule has 1 aromatic heterocycles. The fourth-order valence-electron chi connectivity index (χ4n) is 2.97. The predicted molar refractivity (Wildman–Crippen MR) is 92.9 cm³/mol. The van der Waals surface area contributed by atoms with E-state index in [1.165, 1.54) is 12.1 Å². The largest absolute Gasteiger partial charge is 0.423 e. The third-order valence-corrected chi connectivity index (χ3v) is 4.31. The Morgan fingerprint density at radius 1 is 1.12 bits per heavy atom. The predicted octanol–water partition coefficient (Wildman–Crippen LogP) is 2.51. The van der Waals surface area contributed by atoms with Crippen LogP contribution in [0.4, 0.5) is 16.1 Å². The molecule has 2 N–H and O–H groups in total. The number of aromatic nitrogens is 1. The van der Waals surface area contributed by atoms with Gasteiger partial charge in [0.1, 0.15) is 11.3 Å². The van der Waals surface area contributed by atoms with Crippen LogP contribution in [0.15, 0.2) is 46.9 Å². The van der Waals surface area contributed by atoms with Crippen molar-refractivity contribution in [3.63, 3.8) is 0 Å². The number of fused-ring (bicyclic) bond motifs is 1. The van der Waals surface area contributed by atoms with Crippen LogP contribution in [0.2, 0.25) is 0 Å². The standard InChI is InChI=1S/C18H17FN4O2/c19-13-3-1-2-12(10-13)17(24)22-6-8-23(9-7-22)18-21-15-11-14(20)4-5-16(15)25-18/h1-5,10-11H,6-9,20H2. The summed E-state index contributed by atoms with van der Waals surface area (Å²) in [5.41, 5.74) is 8.17. The van der Waals surface area contributed by atoms with Crippen molar-refractivity contribution < 1.29 is 13.6 Å². The molecule has 2 aromatic carbocycles. The first-order chi connectivity index (χ1) is 12.1. The molecule has 1 saturated heterocycles. The highest BCUT2D eigenvalue weighted by Crippen LogP contribution is 2.24. The van der Waals surface area contributed by atoms with Crippen molar-refractivity contribution in [1.29, 1.82) is 0 Å². The molecule has 7 heteroatoms. The van der Waals surface area contributed by atoms with Gasteiger partial charge >= 0.3 is 0 Å². The molecule has 0 saturated carbocycles. The Morgan fingerprint density at radius 3 is 2.68 bits per heavy atom. The lowest BCUT2D eigenvalue weighted by molar-refractivity contribution is 0.0744. The summed E-state index contributed by atoms with van der Waals surface area (Å²) >= 11 is 0. The lowest BCUT2D eigenvalue weighted by Gasteiger charge is -2.33. The van der Waals surface area contributed by atoms with Gasteiger partial charge in [0.25, 0.3) is 11.9 Å². The van der Waals surface area contributed by atoms with Crippen LogP contribution in [-0.2, 0) is 0 Å². The van der Waals surface area contributed by atoms with Crippen LogP contribution in [0.3, 0.4) is 0 Å². The first kappa shape index (κ1) is 15.4. The number of nitrogen functional groups attached to an aromatic ring is 1. The highest BCUT2D eigenvalue weighted by Gasteiger charge is 2.25. The third-order valence-electron chi connectivity index (χ3n) is 4.31. The average Bonchev–Trinajstić information content (AvgIpc) is 3.04. The molecular formula is C18H17FN4O2. The fraction of sp³-hybridized carbons (Fsp3) is 0.222. The zero-order chi connectivity index (χ0) is 17.4. The maximum atomic E-state index is 13.3. The van der Waals surface area contributed by atoms with Gasteiger partial charge in [-0.25, -0.2) is 4.39 Å².